The molecule has 1 aromatic heterocycles. The number of aromatic nitrogens is 2. The third-order valence-corrected chi connectivity index (χ3v) is 4.23. The number of benzene rings is 1. The van der Waals surface area contributed by atoms with Crippen LogP contribution in [0.1, 0.15) is 43.0 Å². The minimum Gasteiger partial charge on any atom is -0.484 e. The number of hydrogen-bond donors (Lipinski definition) is 1. The van der Waals surface area contributed by atoms with E-state index in [0.717, 1.165) is 18.6 Å². The maximum Gasteiger partial charge on any atom is 0.317 e. The molecule has 1 aliphatic rings. The summed E-state index contributed by atoms with van der Waals surface area (Å²) in [5, 5.41) is 6.95. The molecule has 2 aromatic rings. The Kier molecular flexibility index (Phi) is 5.53. The van der Waals surface area contributed by atoms with Crippen LogP contribution in [0.15, 0.2) is 28.8 Å². The number of hydrogen-bond acceptors (Lipinski definition) is 5. The standard InChI is InChI=1S/C18H24N4O3/c1-3-9-19-18(23)22-10-8-14(11-22)17-20-16(25-21-17)12-24-15-6-4-13(2)5-7-15/h4-7,14H,3,8-12H2,1-2H3,(H,19,23). The Morgan fingerprint density at radius 1 is 1.40 bits per heavy atom. The molecule has 0 saturated carbocycles. The summed E-state index contributed by atoms with van der Waals surface area (Å²) in [4.78, 5) is 18.2. The van der Waals surface area contributed by atoms with Crippen LogP contribution in [0.2, 0.25) is 0 Å². The van der Waals surface area contributed by atoms with Crippen LogP contribution in [0.4, 0.5) is 4.79 Å². The fraction of sp³-hybridized carbons (Fsp3) is 0.500. The fourth-order valence-corrected chi connectivity index (χ4v) is 2.77. The van der Waals surface area contributed by atoms with Gasteiger partial charge in [0.1, 0.15) is 5.75 Å². The highest BCUT2D eigenvalue weighted by Crippen LogP contribution is 2.25. The summed E-state index contributed by atoms with van der Waals surface area (Å²) in [6.07, 6.45) is 1.77. The van der Waals surface area contributed by atoms with E-state index >= 15 is 0 Å². The highest BCUT2D eigenvalue weighted by molar-refractivity contribution is 5.74. The molecule has 0 bridgehead atoms. The quantitative estimate of drug-likeness (QED) is 0.871. The highest BCUT2D eigenvalue weighted by atomic mass is 16.5. The SMILES string of the molecule is CCCNC(=O)N1CCC(c2noc(COc3ccc(C)cc3)n2)C1. The molecule has 1 fully saturated rings. The molecule has 0 aliphatic carbocycles. The molecule has 0 spiro atoms. The van der Waals surface area contributed by atoms with Crippen LogP contribution in [0, 0.1) is 6.92 Å². The zero-order valence-electron chi connectivity index (χ0n) is 14.7. The van der Waals surface area contributed by atoms with E-state index in [9.17, 15) is 4.79 Å². The third kappa shape index (κ3) is 4.49. The lowest BCUT2D eigenvalue weighted by atomic mass is 10.1. The highest BCUT2D eigenvalue weighted by Gasteiger charge is 2.30. The molecule has 7 heteroatoms. The van der Waals surface area contributed by atoms with Crippen LogP contribution in [0.25, 0.3) is 0 Å². The summed E-state index contributed by atoms with van der Waals surface area (Å²) in [5.74, 6) is 1.98. The number of rotatable bonds is 6. The lowest BCUT2D eigenvalue weighted by molar-refractivity contribution is 0.208. The Bertz CT molecular complexity index is 699. The first kappa shape index (κ1) is 17.3. The average Bonchev–Trinajstić information content (AvgIpc) is 3.28. The Balaban J connectivity index is 1.51. The van der Waals surface area contributed by atoms with Crippen LogP contribution < -0.4 is 10.1 Å². The van der Waals surface area contributed by atoms with E-state index in [1.54, 1.807) is 4.90 Å². The summed E-state index contributed by atoms with van der Waals surface area (Å²) in [7, 11) is 0. The van der Waals surface area contributed by atoms with Gasteiger partial charge in [-0.05, 0) is 31.9 Å². The topological polar surface area (TPSA) is 80.5 Å². The van der Waals surface area contributed by atoms with Crippen molar-refractivity contribution in [2.24, 2.45) is 0 Å². The lowest BCUT2D eigenvalue weighted by Crippen LogP contribution is -2.38. The van der Waals surface area contributed by atoms with Gasteiger partial charge in [-0.2, -0.15) is 4.98 Å². The Morgan fingerprint density at radius 3 is 2.96 bits per heavy atom. The minimum atomic E-state index is -0.0178. The second-order valence-corrected chi connectivity index (χ2v) is 6.31. The summed E-state index contributed by atoms with van der Waals surface area (Å²) in [6.45, 7) is 6.33. The lowest BCUT2D eigenvalue weighted by Gasteiger charge is -2.16. The van der Waals surface area contributed by atoms with Gasteiger partial charge < -0.3 is 19.5 Å². The van der Waals surface area contributed by atoms with E-state index in [2.05, 4.69) is 15.5 Å². The van der Waals surface area contributed by atoms with Crippen molar-refractivity contribution in [2.45, 2.75) is 39.2 Å². The molecular formula is C18H24N4O3. The molecule has 7 nitrogen and oxygen atoms in total. The van der Waals surface area contributed by atoms with Crippen LogP contribution >= 0.6 is 0 Å². The summed E-state index contributed by atoms with van der Waals surface area (Å²) < 4.78 is 10.9. The smallest absolute Gasteiger partial charge is 0.317 e. The van der Waals surface area contributed by atoms with Crippen molar-refractivity contribution in [3.8, 4) is 5.75 Å². The number of aryl methyl sites for hydroxylation is 1. The Morgan fingerprint density at radius 2 is 2.20 bits per heavy atom. The monoisotopic (exact) mass is 344 g/mol. The van der Waals surface area contributed by atoms with Gasteiger partial charge in [-0.3, -0.25) is 0 Å². The number of carbonyl (C=O) groups is 1. The normalized spacial score (nSPS) is 16.9. The maximum absolute atomic E-state index is 12.0. The van der Waals surface area contributed by atoms with E-state index < -0.39 is 0 Å². The second-order valence-electron chi connectivity index (χ2n) is 6.31. The molecule has 0 radical (unpaired) electrons. The molecule has 1 aliphatic heterocycles. The van der Waals surface area contributed by atoms with Gasteiger partial charge in [-0.25, -0.2) is 4.79 Å². The van der Waals surface area contributed by atoms with Gasteiger partial charge in [0.25, 0.3) is 5.89 Å². The summed E-state index contributed by atoms with van der Waals surface area (Å²) >= 11 is 0. The predicted octanol–water partition coefficient (Wildman–Crippen LogP) is 2.87. The zero-order valence-corrected chi connectivity index (χ0v) is 14.7. The van der Waals surface area contributed by atoms with Crippen LogP contribution in [-0.4, -0.2) is 40.7 Å². The van der Waals surface area contributed by atoms with E-state index in [1.165, 1.54) is 5.56 Å². The minimum absolute atomic E-state index is 0.0178. The van der Waals surface area contributed by atoms with Gasteiger partial charge in [-0.1, -0.05) is 29.8 Å². The van der Waals surface area contributed by atoms with Gasteiger partial charge >= 0.3 is 6.03 Å². The number of nitrogens with zero attached hydrogens (tertiary/aromatic N) is 3. The van der Waals surface area contributed by atoms with E-state index in [0.29, 0.717) is 31.3 Å². The third-order valence-electron chi connectivity index (χ3n) is 4.23. The number of nitrogens with one attached hydrogen (secondary N) is 1. The fourth-order valence-electron chi connectivity index (χ4n) is 2.77. The van der Waals surface area contributed by atoms with Gasteiger partial charge in [0.2, 0.25) is 0 Å². The van der Waals surface area contributed by atoms with Gasteiger partial charge in [0.15, 0.2) is 12.4 Å². The van der Waals surface area contributed by atoms with Gasteiger partial charge in [-0.15, -0.1) is 0 Å². The number of ether oxygens (including phenoxy) is 1. The second kappa shape index (κ2) is 8.00. The molecule has 1 aromatic carbocycles. The van der Waals surface area contributed by atoms with Gasteiger partial charge in [0, 0.05) is 25.6 Å². The number of carbonyl (C=O) groups excluding carboxylic acids is 1. The Labute approximate surface area is 147 Å². The van der Waals surface area contributed by atoms with Crippen LogP contribution in [0.3, 0.4) is 0 Å². The molecule has 1 saturated heterocycles. The maximum atomic E-state index is 12.0. The first-order valence-electron chi connectivity index (χ1n) is 8.70. The zero-order chi connectivity index (χ0) is 17.6. The molecule has 1 N–H and O–H groups in total. The van der Waals surface area contributed by atoms with Crippen molar-refractivity contribution >= 4 is 6.03 Å². The van der Waals surface area contributed by atoms with Crippen molar-refractivity contribution < 1.29 is 14.1 Å². The van der Waals surface area contributed by atoms with Gasteiger partial charge in [0.05, 0.1) is 0 Å². The van der Waals surface area contributed by atoms with Crippen molar-refractivity contribution in [3.63, 3.8) is 0 Å². The van der Waals surface area contributed by atoms with Crippen LogP contribution in [-0.2, 0) is 6.61 Å². The molecule has 1 atom stereocenters. The van der Waals surface area contributed by atoms with E-state index in [1.807, 2.05) is 38.1 Å². The van der Waals surface area contributed by atoms with Crippen molar-refractivity contribution in [1.29, 1.82) is 0 Å². The number of amides is 2. The predicted molar refractivity (Wildman–Crippen MR) is 92.4 cm³/mol. The molecular weight excluding hydrogens is 320 g/mol. The average molecular weight is 344 g/mol. The number of urea groups is 1. The number of likely N-dealkylation sites (tertiary alicyclic amines) is 1. The summed E-state index contributed by atoms with van der Waals surface area (Å²) in [5.41, 5.74) is 1.18. The molecule has 1 unspecified atom stereocenters. The summed E-state index contributed by atoms with van der Waals surface area (Å²) in [6, 6.07) is 7.79. The van der Waals surface area contributed by atoms with Crippen LogP contribution in [0.5, 0.6) is 5.75 Å². The van der Waals surface area contributed by atoms with E-state index in [4.69, 9.17) is 9.26 Å². The molecule has 2 amide bonds. The molecule has 134 valence electrons. The first-order chi connectivity index (χ1) is 12.2. The first-order valence-corrected chi connectivity index (χ1v) is 8.70. The largest absolute Gasteiger partial charge is 0.484 e. The van der Waals surface area contributed by atoms with Crippen molar-refractivity contribution in [2.75, 3.05) is 19.6 Å². The molecule has 25 heavy (non-hydrogen) atoms. The Hall–Kier alpha value is -2.57. The van der Waals surface area contributed by atoms with Crippen molar-refractivity contribution in [3.05, 3.63) is 41.5 Å². The molecule has 3 rings (SSSR count). The van der Waals surface area contributed by atoms with Crippen molar-refractivity contribution in [1.82, 2.24) is 20.4 Å². The molecule has 2 heterocycles. The van der Waals surface area contributed by atoms with E-state index in [-0.39, 0.29) is 18.6 Å².